The Balaban J connectivity index is 1.63. The molecule has 10 heteroatoms. The first kappa shape index (κ1) is 18.3. The molecule has 0 radical (unpaired) electrons. The van der Waals surface area contributed by atoms with Crippen LogP contribution in [0.15, 0.2) is 57.0 Å². The third-order valence-corrected chi connectivity index (χ3v) is 5.00. The van der Waals surface area contributed by atoms with Crippen molar-refractivity contribution >= 4 is 40.4 Å². The average Bonchev–Trinajstić information content (AvgIpc) is 3.33. The van der Waals surface area contributed by atoms with E-state index in [1.165, 1.54) is 31.1 Å². The Kier molecular flexibility index (Phi) is 4.93. The molecular weight excluding hydrogens is 404 g/mol. The molecule has 142 valence electrons. The molecule has 4 rings (SSSR count). The molecule has 8 nitrogen and oxygen atoms in total. The van der Waals surface area contributed by atoms with E-state index in [4.69, 9.17) is 16.0 Å². The number of furan rings is 1. The number of hydrogen-bond acceptors (Lipinski definition) is 7. The number of ether oxygens (including phenoxy) is 1. The molecule has 0 atom stereocenters. The predicted molar refractivity (Wildman–Crippen MR) is 104 cm³/mol. The number of rotatable bonds is 5. The lowest BCUT2D eigenvalue weighted by Crippen LogP contribution is -2.09. The van der Waals surface area contributed by atoms with E-state index in [9.17, 15) is 9.59 Å². The quantitative estimate of drug-likeness (QED) is 0.302. The highest BCUT2D eigenvalue weighted by atomic mass is 35.5. The van der Waals surface area contributed by atoms with Crippen molar-refractivity contribution < 1.29 is 13.9 Å². The summed E-state index contributed by atoms with van der Waals surface area (Å²) in [4.78, 5) is 31.1. The summed E-state index contributed by atoms with van der Waals surface area (Å²) < 4.78 is 11.6. The molecule has 0 saturated carbocycles. The Hall–Kier alpha value is -3.04. The molecule has 0 aliphatic heterocycles. The van der Waals surface area contributed by atoms with Crippen LogP contribution in [0.1, 0.15) is 16.3 Å². The molecule has 3 aromatic heterocycles. The van der Waals surface area contributed by atoms with Gasteiger partial charge in [-0.05, 0) is 30.3 Å². The van der Waals surface area contributed by atoms with Crippen LogP contribution in [0.5, 0.6) is 0 Å². The normalized spacial score (nSPS) is 11.1. The van der Waals surface area contributed by atoms with Gasteiger partial charge in [-0.3, -0.25) is 4.79 Å². The highest BCUT2D eigenvalue weighted by molar-refractivity contribution is 7.98. The van der Waals surface area contributed by atoms with Gasteiger partial charge in [-0.25, -0.2) is 14.5 Å². The molecule has 0 aliphatic rings. The number of thioether (sulfide) groups is 1. The molecule has 0 spiro atoms. The van der Waals surface area contributed by atoms with Crippen molar-refractivity contribution in [1.82, 2.24) is 19.7 Å². The van der Waals surface area contributed by atoms with Gasteiger partial charge in [-0.2, -0.15) is 5.10 Å². The lowest BCUT2D eigenvalue weighted by Gasteiger charge is -2.04. The monoisotopic (exact) mass is 416 g/mol. The first-order valence-electron chi connectivity index (χ1n) is 8.09. The summed E-state index contributed by atoms with van der Waals surface area (Å²) in [5, 5.41) is 5.58. The molecule has 28 heavy (non-hydrogen) atoms. The number of carbonyl (C=O) groups is 1. The fourth-order valence-corrected chi connectivity index (χ4v) is 3.50. The average molecular weight is 417 g/mol. The van der Waals surface area contributed by atoms with E-state index in [-0.39, 0.29) is 11.3 Å². The molecule has 0 amide bonds. The minimum Gasteiger partial charge on any atom is -0.463 e. The fraction of sp³-hybridized carbons (Fsp3) is 0.111. The number of hydrogen-bond donors (Lipinski definition) is 1. The fourth-order valence-electron chi connectivity index (χ4n) is 2.57. The second-order valence-corrected chi connectivity index (χ2v) is 7.09. The van der Waals surface area contributed by atoms with Gasteiger partial charge in [-0.1, -0.05) is 29.4 Å². The summed E-state index contributed by atoms with van der Waals surface area (Å²) in [5.41, 5.74) is 0.823. The summed E-state index contributed by atoms with van der Waals surface area (Å²) in [6, 6.07) is 10.3. The maximum absolute atomic E-state index is 12.4. The first-order valence-corrected chi connectivity index (χ1v) is 9.45. The standard InChI is InChI=1S/C18H13ClN4O4S/c1-26-17(25)14-6-5-12(27-14)9-28-18-21-15-13(16(24)22-18)8-20-23(15)11-4-2-3-10(19)7-11/h2-8H,9H2,1H3,(H,21,22,24). The zero-order valence-corrected chi connectivity index (χ0v) is 16.1. The maximum atomic E-state index is 12.4. The van der Waals surface area contributed by atoms with Crippen LogP contribution < -0.4 is 5.56 Å². The number of methoxy groups -OCH3 is 1. The Bertz CT molecular complexity index is 1230. The summed E-state index contributed by atoms with van der Waals surface area (Å²) in [6.07, 6.45) is 1.46. The van der Waals surface area contributed by atoms with Gasteiger partial charge >= 0.3 is 5.97 Å². The first-order chi connectivity index (χ1) is 13.5. The van der Waals surface area contributed by atoms with E-state index in [1.54, 1.807) is 28.9 Å². The maximum Gasteiger partial charge on any atom is 0.373 e. The second kappa shape index (κ2) is 7.53. The number of halogens is 1. The number of carbonyl (C=O) groups excluding carboxylic acids is 1. The van der Waals surface area contributed by atoms with E-state index in [1.807, 2.05) is 6.07 Å². The van der Waals surface area contributed by atoms with Gasteiger partial charge in [0.05, 0.1) is 24.7 Å². The van der Waals surface area contributed by atoms with Gasteiger partial charge < -0.3 is 14.1 Å². The molecule has 0 saturated heterocycles. The Labute approximate surface area is 167 Å². The molecule has 1 N–H and O–H groups in total. The third-order valence-electron chi connectivity index (χ3n) is 3.87. The molecule has 0 unspecified atom stereocenters. The zero-order valence-electron chi connectivity index (χ0n) is 14.5. The molecule has 3 heterocycles. The van der Waals surface area contributed by atoms with Crippen LogP contribution >= 0.6 is 23.4 Å². The number of esters is 1. The van der Waals surface area contributed by atoms with Crippen molar-refractivity contribution in [2.45, 2.75) is 10.9 Å². The van der Waals surface area contributed by atoms with Crippen LogP contribution in [0.25, 0.3) is 16.7 Å². The number of aromatic amines is 1. The van der Waals surface area contributed by atoms with Crippen LogP contribution in [-0.2, 0) is 10.5 Å². The van der Waals surface area contributed by atoms with Crippen LogP contribution in [0.3, 0.4) is 0 Å². The van der Waals surface area contributed by atoms with E-state index < -0.39 is 5.97 Å². The van der Waals surface area contributed by atoms with Crippen molar-refractivity contribution in [3.8, 4) is 5.69 Å². The number of H-pyrrole nitrogens is 1. The van der Waals surface area contributed by atoms with Crippen LogP contribution in [0, 0.1) is 0 Å². The number of aromatic nitrogens is 4. The molecule has 0 bridgehead atoms. The summed E-state index contributed by atoms with van der Waals surface area (Å²) >= 11 is 7.32. The van der Waals surface area contributed by atoms with Crippen molar-refractivity contribution in [3.05, 3.63) is 69.5 Å². The van der Waals surface area contributed by atoms with Crippen LogP contribution in [0.2, 0.25) is 5.02 Å². The SMILES string of the molecule is COC(=O)c1ccc(CSc2nc3c(cnn3-c3cccc(Cl)c3)c(=O)[nH]2)o1. The topological polar surface area (TPSA) is 103 Å². The second-order valence-electron chi connectivity index (χ2n) is 5.69. The van der Waals surface area contributed by atoms with E-state index >= 15 is 0 Å². The number of nitrogens with zero attached hydrogens (tertiary/aromatic N) is 3. The Morgan fingerprint density at radius 1 is 1.36 bits per heavy atom. The van der Waals surface area contributed by atoms with Gasteiger partial charge in [0.2, 0.25) is 5.76 Å². The molecule has 0 aliphatic carbocycles. The lowest BCUT2D eigenvalue weighted by atomic mass is 10.3. The highest BCUT2D eigenvalue weighted by Crippen LogP contribution is 2.23. The van der Waals surface area contributed by atoms with Gasteiger partial charge in [0, 0.05) is 5.02 Å². The molecule has 0 fully saturated rings. The molecule has 1 aromatic carbocycles. The zero-order chi connectivity index (χ0) is 19.7. The highest BCUT2D eigenvalue weighted by Gasteiger charge is 2.14. The van der Waals surface area contributed by atoms with E-state index in [0.29, 0.717) is 38.4 Å². The lowest BCUT2D eigenvalue weighted by molar-refractivity contribution is 0.0563. The predicted octanol–water partition coefficient (Wildman–Crippen LogP) is 3.43. The molecule has 4 aromatic rings. The van der Waals surface area contributed by atoms with Crippen molar-refractivity contribution in [1.29, 1.82) is 0 Å². The Morgan fingerprint density at radius 3 is 3.00 bits per heavy atom. The van der Waals surface area contributed by atoms with Crippen molar-refractivity contribution in [2.24, 2.45) is 0 Å². The Morgan fingerprint density at radius 2 is 2.21 bits per heavy atom. The minimum atomic E-state index is -0.547. The molecular formula is C18H13ClN4O4S. The van der Waals surface area contributed by atoms with Gasteiger partial charge in [0.25, 0.3) is 5.56 Å². The minimum absolute atomic E-state index is 0.119. The number of benzene rings is 1. The number of nitrogens with one attached hydrogen (secondary N) is 1. The van der Waals surface area contributed by atoms with Gasteiger partial charge in [-0.15, -0.1) is 0 Å². The number of fused-ring (bicyclic) bond motifs is 1. The smallest absolute Gasteiger partial charge is 0.373 e. The largest absolute Gasteiger partial charge is 0.463 e. The van der Waals surface area contributed by atoms with Crippen LogP contribution in [-0.4, -0.2) is 32.8 Å². The van der Waals surface area contributed by atoms with Gasteiger partial charge in [0.1, 0.15) is 11.1 Å². The van der Waals surface area contributed by atoms with Gasteiger partial charge in [0.15, 0.2) is 10.8 Å². The summed E-state index contributed by atoms with van der Waals surface area (Å²) in [6.45, 7) is 0. The summed E-state index contributed by atoms with van der Waals surface area (Å²) in [5.74, 6) is 0.497. The van der Waals surface area contributed by atoms with E-state index in [0.717, 1.165) is 0 Å². The van der Waals surface area contributed by atoms with Crippen LogP contribution in [0.4, 0.5) is 0 Å². The summed E-state index contributed by atoms with van der Waals surface area (Å²) in [7, 11) is 1.28. The van der Waals surface area contributed by atoms with E-state index in [2.05, 4.69) is 19.8 Å². The van der Waals surface area contributed by atoms with Crippen molar-refractivity contribution in [3.63, 3.8) is 0 Å². The third kappa shape index (κ3) is 3.54. The van der Waals surface area contributed by atoms with Crippen molar-refractivity contribution in [2.75, 3.05) is 7.11 Å².